The van der Waals surface area contributed by atoms with Crippen molar-refractivity contribution < 1.29 is 19.1 Å². The minimum absolute atomic E-state index is 0.0229. The largest absolute Gasteiger partial charge is 0.478 e. The number of aryl methyl sites for hydroxylation is 1. The quantitative estimate of drug-likeness (QED) is 0.895. The first kappa shape index (κ1) is 15.6. The van der Waals surface area contributed by atoms with Crippen molar-refractivity contribution in [1.29, 1.82) is 0 Å². The summed E-state index contributed by atoms with van der Waals surface area (Å²) in [7, 11) is 0. The fraction of sp³-hybridized carbons (Fsp3) is 0.294. The predicted octanol–water partition coefficient (Wildman–Crippen LogP) is 3.61. The van der Waals surface area contributed by atoms with Crippen LogP contribution in [0.5, 0.6) is 0 Å². The van der Waals surface area contributed by atoms with E-state index in [1.165, 1.54) is 6.07 Å². The molecule has 1 amide bonds. The van der Waals surface area contributed by atoms with Crippen molar-refractivity contribution in [3.63, 3.8) is 0 Å². The maximum absolute atomic E-state index is 12.4. The Morgan fingerprint density at radius 2 is 2.22 bits per heavy atom. The molecule has 1 aromatic heterocycles. The van der Waals surface area contributed by atoms with E-state index in [0.29, 0.717) is 17.2 Å². The molecule has 1 aromatic carbocycles. The molecule has 0 saturated carbocycles. The minimum Gasteiger partial charge on any atom is -0.478 e. The van der Waals surface area contributed by atoms with Gasteiger partial charge in [0, 0.05) is 17.5 Å². The summed E-state index contributed by atoms with van der Waals surface area (Å²) < 4.78 is 5.39. The molecule has 0 spiro atoms. The van der Waals surface area contributed by atoms with E-state index in [9.17, 15) is 9.59 Å². The maximum Gasteiger partial charge on any atom is 0.339 e. The summed E-state index contributed by atoms with van der Waals surface area (Å²) in [6.07, 6.45) is 1.98. The average molecular weight is 334 g/mol. The van der Waals surface area contributed by atoms with Gasteiger partial charge in [-0.25, -0.2) is 4.79 Å². The van der Waals surface area contributed by atoms with Crippen LogP contribution in [0.4, 0.5) is 0 Å². The number of aromatic carboxylic acids is 1. The van der Waals surface area contributed by atoms with E-state index in [-0.39, 0.29) is 17.4 Å². The highest BCUT2D eigenvalue weighted by Gasteiger charge is 2.27. The Morgan fingerprint density at radius 1 is 1.43 bits per heavy atom. The molecule has 1 atom stereocenters. The fourth-order valence-corrected chi connectivity index (χ4v) is 3.25. The van der Waals surface area contributed by atoms with Crippen molar-refractivity contribution in [3.05, 3.63) is 57.5 Å². The van der Waals surface area contributed by atoms with Crippen LogP contribution in [0.3, 0.4) is 0 Å². The molecule has 6 heteroatoms. The van der Waals surface area contributed by atoms with Crippen LogP contribution in [-0.4, -0.2) is 17.0 Å². The standard InChI is InChI=1S/C17H16ClNO4/c1-2-14-11(17(21)22)8-15(23-14)16(20)19-13-7-6-9-10(13)4-3-5-12(9)18/h3-5,8,13H,2,6-7H2,1H3,(H,19,20)(H,21,22). The van der Waals surface area contributed by atoms with Gasteiger partial charge in [0.05, 0.1) is 6.04 Å². The number of amides is 1. The highest BCUT2D eigenvalue weighted by atomic mass is 35.5. The number of hydrogen-bond acceptors (Lipinski definition) is 3. The van der Waals surface area contributed by atoms with E-state index in [2.05, 4.69) is 5.32 Å². The third-order valence-corrected chi connectivity index (χ3v) is 4.46. The first-order chi connectivity index (χ1) is 11.0. The van der Waals surface area contributed by atoms with Crippen LogP contribution in [-0.2, 0) is 12.8 Å². The molecule has 1 aliphatic rings. The lowest BCUT2D eigenvalue weighted by molar-refractivity contribution is 0.0694. The van der Waals surface area contributed by atoms with Crippen molar-refractivity contribution in [1.82, 2.24) is 5.32 Å². The fourth-order valence-electron chi connectivity index (χ4n) is 2.97. The third kappa shape index (κ3) is 2.84. The maximum atomic E-state index is 12.4. The van der Waals surface area contributed by atoms with Crippen LogP contribution in [0.25, 0.3) is 0 Å². The summed E-state index contributed by atoms with van der Waals surface area (Å²) in [5.74, 6) is -1.18. The molecule has 0 saturated heterocycles. The number of benzene rings is 1. The molecule has 1 aliphatic carbocycles. The van der Waals surface area contributed by atoms with Crippen molar-refractivity contribution in [3.8, 4) is 0 Å². The Labute approximate surface area is 138 Å². The van der Waals surface area contributed by atoms with Gasteiger partial charge < -0.3 is 14.8 Å². The summed E-state index contributed by atoms with van der Waals surface area (Å²) in [5, 5.41) is 12.7. The molecular weight excluding hydrogens is 318 g/mol. The van der Waals surface area contributed by atoms with Crippen LogP contribution in [0, 0.1) is 0 Å². The lowest BCUT2D eigenvalue weighted by atomic mass is 10.1. The van der Waals surface area contributed by atoms with Gasteiger partial charge in [-0.05, 0) is 30.0 Å². The summed E-state index contributed by atoms with van der Waals surface area (Å²) in [5.41, 5.74) is 2.10. The van der Waals surface area contributed by atoms with Gasteiger partial charge in [0.15, 0.2) is 5.76 Å². The molecule has 0 fully saturated rings. The minimum atomic E-state index is -1.09. The summed E-state index contributed by atoms with van der Waals surface area (Å²) in [4.78, 5) is 23.5. The molecule has 3 rings (SSSR count). The monoisotopic (exact) mass is 333 g/mol. The highest BCUT2D eigenvalue weighted by molar-refractivity contribution is 6.31. The predicted molar refractivity (Wildman–Crippen MR) is 85.0 cm³/mol. The smallest absolute Gasteiger partial charge is 0.339 e. The molecule has 2 aromatic rings. The number of carbonyl (C=O) groups is 2. The second kappa shape index (κ2) is 6.08. The molecule has 2 N–H and O–H groups in total. The van der Waals surface area contributed by atoms with Crippen LogP contribution < -0.4 is 5.32 Å². The lowest BCUT2D eigenvalue weighted by Crippen LogP contribution is -2.26. The number of rotatable bonds is 4. The molecular formula is C17H16ClNO4. The normalized spacial score (nSPS) is 16.2. The number of hydrogen-bond donors (Lipinski definition) is 2. The highest BCUT2D eigenvalue weighted by Crippen LogP contribution is 2.35. The molecule has 23 heavy (non-hydrogen) atoms. The van der Waals surface area contributed by atoms with Crippen molar-refractivity contribution in [2.45, 2.75) is 32.2 Å². The van der Waals surface area contributed by atoms with E-state index in [4.69, 9.17) is 21.1 Å². The molecule has 120 valence electrons. The van der Waals surface area contributed by atoms with Gasteiger partial charge in [0.2, 0.25) is 0 Å². The zero-order valence-corrected chi connectivity index (χ0v) is 13.3. The van der Waals surface area contributed by atoms with Gasteiger partial charge in [-0.1, -0.05) is 30.7 Å². The van der Waals surface area contributed by atoms with E-state index in [1.807, 2.05) is 18.2 Å². The number of carboxylic acids is 1. The van der Waals surface area contributed by atoms with Crippen molar-refractivity contribution in [2.24, 2.45) is 0 Å². The average Bonchev–Trinajstić information content (AvgIpc) is 3.12. The lowest BCUT2D eigenvalue weighted by Gasteiger charge is -2.13. The van der Waals surface area contributed by atoms with Gasteiger partial charge in [-0.15, -0.1) is 0 Å². The molecule has 1 heterocycles. The molecule has 0 radical (unpaired) electrons. The van der Waals surface area contributed by atoms with Gasteiger partial charge in [0.25, 0.3) is 5.91 Å². The number of carbonyl (C=O) groups excluding carboxylic acids is 1. The van der Waals surface area contributed by atoms with Gasteiger partial charge in [-0.2, -0.15) is 0 Å². The number of fused-ring (bicyclic) bond motifs is 1. The Balaban J connectivity index is 1.82. The van der Waals surface area contributed by atoms with Crippen LogP contribution in [0.2, 0.25) is 5.02 Å². The van der Waals surface area contributed by atoms with Gasteiger partial charge in [-0.3, -0.25) is 4.79 Å². The Hall–Kier alpha value is -2.27. The first-order valence-corrected chi connectivity index (χ1v) is 7.83. The van der Waals surface area contributed by atoms with E-state index in [1.54, 1.807) is 6.92 Å². The molecule has 0 aliphatic heterocycles. The van der Waals surface area contributed by atoms with Crippen LogP contribution >= 0.6 is 11.6 Å². The molecule has 1 unspecified atom stereocenters. The number of furan rings is 1. The SMILES string of the molecule is CCc1oc(C(=O)NC2CCc3c(Cl)cccc32)cc1C(=O)O. The Morgan fingerprint density at radius 3 is 2.87 bits per heavy atom. The molecule has 5 nitrogen and oxygen atoms in total. The van der Waals surface area contributed by atoms with Crippen molar-refractivity contribution in [2.75, 3.05) is 0 Å². The topological polar surface area (TPSA) is 79.5 Å². The number of nitrogens with one attached hydrogen (secondary N) is 1. The van der Waals surface area contributed by atoms with Gasteiger partial charge >= 0.3 is 5.97 Å². The van der Waals surface area contributed by atoms with E-state index >= 15 is 0 Å². The van der Waals surface area contributed by atoms with E-state index in [0.717, 1.165) is 24.0 Å². The van der Waals surface area contributed by atoms with Gasteiger partial charge in [0.1, 0.15) is 11.3 Å². The zero-order valence-electron chi connectivity index (χ0n) is 12.6. The summed E-state index contributed by atoms with van der Waals surface area (Å²) in [6.45, 7) is 1.78. The second-order valence-electron chi connectivity index (χ2n) is 5.48. The van der Waals surface area contributed by atoms with Crippen LogP contribution in [0.1, 0.15) is 57.2 Å². The Bertz CT molecular complexity index is 781. The van der Waals surface area contributed by atoms with Crippen molar-refractivity contribution >= 4 is 23.5 Å². The Kier molecular flexibility index (Phi) is 4.13. The van der Waals surface area contributed by atoms with Crippen LogP contribution in [0.15, 0.2) is 28.7 Å². The number of halogens is 1. The third-order valence-electron chi connectivity index (χ3n) is 4.10. The zero-order chi connectivity index (χ0) is 16.6. The summed E-state index contributed by atoms with van der Waals surface area (Å²) in [6, 6.07) is 6.78. The summed E-state index contributed by atoms with van der Waals surface area (Å²) >= 11 is 6.17. The van der Waals surface area contributed by atoms with E-state index < -0.39 is 11.9 Å². The second-order valence-corrected chi connectivity index (χ2v) is 5.89. The molecule has 0 bridgehead atoms. The first-order valence-electron chi connectivity index (χ1n) is 7.45. The number of carboxylic acid groups (broad SMARTS) is 1.